The predicted octanol–water partition coefficient (Wildman–Crippen LogP) is 3.16. The number of carboxylic acids is 1. The van der Waals surface area contributed by atoms with Crippen LogP contribution in [0.25, 0.3) is 0 Å². The van der Waals surface area contributed by atoms with Gasteiger partial charge in [-0.05, 0) is 34.5 Å². The van der Waals surface area contributed by atoms with Gasteiger partial charge in [0.25, 0.3) is 5.91 Å². The number of alkyl halides is 3. The minimum atomic E-state index is -4.88. The van der Waals surface area contributed by atoms with Crippen LogP contribution in [0.4, 0.5) is 13.2 Å². The Hall–Kier alpha value is -2.79. The monoisotopic (exact) mass is 418 g/mol. The van der Waals surface area contributed by atoms with Crippen LogP contribution in [0, 0.1) is 0 Å². The van der Waals surface area contributed by atoms with Crippen molar-refractivity contribution < 1.29 is 27.9 Å². The number of aromatic nitrogens is 2. The molecular formula is C15H10ClF3N4O3S. The third kappa shape index (κ3) is 2.98. The molecule has 2 heterocycles. The molecule has 3 N–H and O–H groups in total. The molecule has 7 nitrogen and oxygen atoms in total. The SMILES string of the molecule is NC(=O)C1=NC=C(C(F)(F)F)S1(c1ccc(Cl)cc1)n1cc(C(=O)O)cn1. The summed E-state index contributed by atoms with van der Waals surface area (Å²) >= 11 is 5.83. The molecule has 1 aliphatic rings. The number of aromatic carboxylic acids is 1. The van der Waals surface area contributed by atoms with E-state index in [1.54, 1.807) is 0 Å². The summed E-state index contributed by atoms with van der Waals surface area (Å²) in [6.45, 7) is 0. The number of carboxylic acid groups (broad SMARTS) is 1. The van der Waals surface area contributed by atoms with Crippen molar-refractivity contribution in [3.63, 3.8) is 0 Å². The van der Waals surface area contributed by atoms with Gasteiger partial charge in [0.05, 0.1) is 18.0 Å². The maximum atomic E-state index is 13.9. The van der Waals surface area contributed by atoms with E-state index in [2.05, 4.69) is 10.1 Å². The molecule has 2 aromatic rings. The maximum Gasteiger partial charge on any atom is 0.424 e. The molecule has 27 heavy (non-hydrogen) atoms. The molecule has 1 aromatic carbocycles. The zero-order valence-corrected chi connectivity index (χ0v) is 14.7. The van der Waals surface area contributed by atoms with Crippen molar-refractivity contribution in [2.45, 2.75) is 11.1 Å². The minimum Gasteiger partial charge on any atom is -0.478 e. The highest BCUT2D eigenvalue weighted by Gasteiger charge is 2.55. The van der Waals surface area contributed by atoms with E-state index in [0.29, 0.717) is 6.20 Å². The van der Waals surface area contributed by atoms with Crippen LogP contribution in [-0.4, -0.2) is 37.4 Å². The van der Waals surface area contributed by atoms with Crippen molar-refractivity contribution in [2.75, 3.05) is 0 Å². The van der Waals surface area contributed by atoms with Crippen molar-refractivity contribution in [3.05, 3.63) is 58.4 Å². The predicted molar refractivity (Wildman–Crippen MR) is 92.7 cm³/mol. The molecule has 0 saturated carbocycles. The zero-order valence-electron chi connectivity index (χ0n) is 13.1. The average Bonchev–Trinajstić information content (AvgIpc) is 3.20. The summed E-state index contributed by atoms with van der Waals surface area (Å²) in [5.41, 5.74) is 4.96. The Balaban J connectivity index is 2.39. The zero-order chi connectivity index (χ0) is 20.0. The smallest absolute Gasteiger partial charge is 0.424 e. The van der Waals surface area contributed by atoms with Crippen LogP contribution in [0.5, 0.6) is 0 Å². The molecule has 0 saturated heterocycles. The molecular weight excluding hydrogens is 409 g/mol. The van der Waals surface area contributed by atoms with Gasteiger partial charge in [-0.2, -0.15) is 18.3 Å². The fourth-order valence-electron chi connectivity index (χ4n) is 2.56. The number of primary amides is 1. The number of allylic oxidation sites excluding steroid dienone is 1. The minimum absolute atomic E-state index is 0.0190. The summed E-state index contributed by atoms with van der Waals surface area (Å²) in [6, 6.07) is 5.28. The second-order valence-corrected chi connectivity index (χ2v) is 8.53. The first-order valence-electron chi connectivity index (χ1n) is 7.11. The summed E-state index contributed by atoms with van der Waals surface area (Å²) in [5, 5.41) is 12.6. The lowest BCUT2D eigenvalue weighted by Gasteiger charge is -2.39. The number of nitrogens with zero attached hydrogens (tertiary/aromatic N) is 3. The standard InChI is InChI=1S/C15H10ClF3N4O3S/c16-9-1-3-10(4-2-9)27(23-7-8(5-22-23)14(25)26)11(15(17,18)19)6-21-13(27)12(20)24/h1-7H,(H2,20,24)(H,25,26). The number of nitrogens with two attached hydrogens (primary N) is 1. The Bertz CT molecular complexity index is 1000. The van der Waals surface area contributed by atoms with Crippen LogP contribution >= 0.6 is 21.8 Å². The fraction of sp³-hybridized carbons (Fsp3) is 0.0667. The lowest BCUT2D eigenvalue weighted by Crippen LogP contribution is -2.34. The lowest BCUT2D eigenvalue weighted by molar-refractivity contribution is -0.111. The van der Waals surface area contributed by atoms with E-state index in [0.717, 1.165) is 16.5 Å². The largest absolute Gasteiger partial charge is 0.478 e. The van der Waals surface area contributed by atoms with Crippen molar-refractivity contribution in [2.24, 2.45) is 10.7 Å². The second-order valence-electron chi connectivity index (χ2n) is 5.26. The van der Waals surface area contributed by atoms with Crippen molar-refractivity contribution in [1.82, 2.24) is 9.19 Å². The van der Waals surface area contributed by atoms with Gasteiger partial charge in [0, 0.05) is 16.1 Å². The Labute approximate surface area is 156 Å². The molecule has 1 atom stereocenters. The van der Waals surface area contributed by atoms with Crippen LogP contribution in [0.3, 0.4) is 0 Å². The first-order chi connectivity index (χ1) is 12.6. The summed E-state index contributed by atoms with van der Waals surface area (Å²) < 4.78 is 42.4. The number of carbonyl (C=O) groups excluding carboxylic acids is 1. The molecule has 0 radical (unpaired) electrons. The highest BCUT2D eigenvalue weighted by molar-refractivity contribution is 8.48. The molecule has 0 bridgehead atoms. The van der Waals surface area contributed by atoms with Gasteiger partial charge in [-0.1, -0.05) is 11.6 Å². The molecule has 142 valence electrons. The second kappa shape index (κ2) is 6.43. The third-order valence-corrected chi connectivity index (χ3v) is 7.44. The van der Waals surface area contributed by atoms with Gasteiger partial charge in [0.15, 0.2) is 5.04 Å². The number of aliphatic imine (C=N–C) groups is 1. The van der Waals surface area contributed by atoms with Gasteiger partial charge < -0.3 is 10.8 Å². The molecule has 1 amide bonds. The fourth-order valence-corrected chi connectivity index (χ4v) is 5.99. The molecule has 1 aliphatic heterocycles. The van der Waals surface area contributed by atoms with E-state index in [4.69, 9.17) is 22.4 Å². The number of hydrogen-bond donors (Lipinski definition) is 2. The number of rotatable bonds is 4. The maximum absolute atomic E-state index is 13.9. The topological polar surface area (TPSA) is 111 Å². The van der Waals surface area contributed by atoms with E-state index in [1.807, 2.05) is 0 Å². The molecule has 1 unspecified atom stereocenters. The number of carbonyl (C=O) groups is 2. The quantitative estimate of drug-likeness (QED) is 0.794. The van der Waals surface area contributed by atoms with E-state index in [1.165, 1.54) is 24.3 Å². The van der Waals surface area contributed by atoms with Crippen molar-refractivity contribution in [3.8, 4) is 0 Å². The normalized spacial score (nSPS) is 21.9. The molecule has 0 aliphatic carbocycles. The van der Waals surface area contributed by atoms with Crippen LogP contribution in [0.15, 0.2) is 57.7 Å². The summed E-state index contributed by atoms with van der Waals surface area (Å²) in [6.07, 6.45) is -2.56. The van der Waals surface area contributed by atoms with Crippen molar-refractivity contribution >= 4 is 38.7 Å². The number of benzene rings is 1. The molecule has 3 rings (SSSR count). The molecule has 0 fully saturated rings. The van der Waals surface area contributed by atoms with Gasteiger partial charge in [-0.3, -0.25) is 4.79 Å². The first kappa shape index (κ1) is 19.0. The van der Waals surface area contributed by atoms with Gasteiger partial charge in [0.2, 0.25) is 0 Å². The molecule has 1 aromatic heterocycles. The summed E-state index contributed by atoms with van der Waals surface area (Å²) in [7, 11) is -3.59. The van der Waals surface area contributed by atoms with Gasteiger partial charge >= 0.3 is 12.1 Å². The third-order valence-electron chi connectivity index (χ3n) is 3.63. The summed E-state index contributed by atoms with van der Waals surface area (Å²) in [5.74, 6) is -2.57. The van der Waals surface area contributed by atoms with E-state index < -0.39 is 38.2 Å². The number of hydrogen-bond acceptors (Lipinski definition) is 4. The van der Waals surface area contributed by atoms with Crippen LogP contribution in [0.1, 0.15) is 10.4 Å². The van der Waals surface area contributed by atoms with E-state index in [-0.39, 0.29) is 15.5 Å². The van der Waals surface area contributed by atoms with Gasteiger partial charge in [-0.25, -0.2) is 13.9 Å². The molecule has 0 spiro atoms. The Morgan fingerprint density at radius 3 is 2.33 bits per heavy atom. The van der Waals surface area contributed by atoms with Crippen LogP contribution in [-0.2, 0) is 4.79 Å². The number of halogens is 4. The first-order valence-corrected chi connectivity index (χ1v) is 9.07. The summed E-state index contributed by atoms with van der Waals surface area (Å²) in [4.78, 5) is 25.6. The highest BCUT2D eigenvalue weighted by Crippen LogP contribution is 2.69. The Morgan fingerprint density at radius 2 is 1.85 bits per heavy atom. The Morgan fingerprint density at radius 1 is 1.22 bits per heavy atom. The average molecular weight is 419 g/mol. The van der Waals surface area contributed by atoms with Crippen LogP contribution < -0.4 is 5.73 Å². The number of amides is 1. The lowest BCUT2D eigenvalue weighted by atomic mass is 10.4. The van der Waals surface area contributed by atoms with Crippen LogP contribution in [0.2, 0.25) is 5.02 Å². The van der Waals surface area contributed by atoms with Gasteiger partial charge in [-0.15, -0.1) is 0 Å². The Kier molecular flexibility index (Phi) is 4.52. The molecule has 12 heteroatoms. The van der Waals surface area contributed by atoms with Gasteiger partial charge in [0.1, 0.15) is 4.91 Å². The van der Waals surface area contributed by atoms with E-state index >= 15 is 0 Å². The van der Waals surface area contributed by atoms with Crippen molar-refractivity contribution in [1.29, 1.82) is 0 Å². The van der Waals surface area contributed by atoms with E-state index in [9.17, 15) is 22.8 Å². The highest BCUT2D eigenvalue weighted by atomic mass is 35.5.